The summed E-state index contributed by atoms with van der Waals surface area (Å²) in [7, 11) is -0.947. The minimum Gasteiger partial charge on any atom is -0.325 e. The van der Waals surface area contributed by atoms with Crippen molar-refractivity contribution in [1.29, 1.82) is 0 Å². The van der Waals surface area contributed by atoms with E-state index in [0.717, 1.165) is 22.5 Å². The lowest BCUT2D eigenvalue weighted by Crippen LogP contribution is -2.23. The number of nitrogens with zero attached hydrogens (tertiary/aromatic N) is 2. The van der Waals surface area contributed by atoms with Gasteiger partial charge in [0.2, 0.25) is 15.9 Å². The van der Waals surface area contributed by atoms with E-state index in [1.807, 2.05) is 6.92 Å². The van der Waals surface area contributed by atoms with Crippen molar-refractivity contribution in [3.05, 3.63) is 45.3 Å². The smallest absolute Gasteiger partial charge is 0.251 e. The molecule has 152 valence electrons. The third-order valence-corrected chi connectivity index (χ3v) is 6.76. The van der Waals surface area contributed by atoms with Crippen LogP contribution in [-0.2, 0) is 21.2 Å². The summed E-state index contributed by atoms with van der Waals surface area (Å²) in [6, 6.07) is 5.67. The predicted octanol–water partition coefficient (Wildman–Crippen LogP) is 2.36. The molecule has 1 amide bonds. The van der Waals surface area contributed by atoms with Crippen molar-refractivity contribution >= 4 is 45.0 Å². The largest absolute Gasteiger partial charge is 0.325 e. The molecule has 0 saturated carbocycles. The molecule has 0 aliphatic rings. The minimum atomic E-state index is -3.74. The standard InChI is InChI=1S/C17H21ClN4O4S2/c1-4-5-11-9-15(23)21-17(20-11)27-10-16(24)19-12-6-7-13(18)14(8-12)28(25,26)22(2)3/h6-9H,4-5,10H2,1-3H3,(H,19,24)(H,20,21,23). The Kier molecular flexibility index (Phi) is 7.64. The summed E-state index contributed by atoms with van der Waals surface area (Å²) >= 11 is 7.08. The van der Waals surface area contributed by atoms with Crippen LogP contribution >= 0.6 is 23.4 Å². The van der Waals surface area contributed by atoms with Crippen molar-refractivity contribution in [1.82, 2.24) is 14.3 Å². The first-order chi connectivity index (χ1) is 13.1. The number of aryl methyl sites for hydroxylation is 1. The maximum absolute atomic E-state index is 12.3. The Hall–Kier alpha value is -1.88. The summed E-state index contributed by atoms with van der Waals surface area (Å²) in [5, 5.41) is 3.05. The second-order valence-electron chi connectivity index (χ2n) is 6.06. The molecule has 0 aliphatic carbocycles. The van der Waals surface area contributed by atoms with E-state index < -0.39 is 10.0 Å². The van der Waals surface area contributed by atoms with Gasteiger partial charge in [-0.1, -0.05) is 36.7 Å². The second-order valence-corrected chi connectivity index (χ2v) is 9.55. The Morgan fingerprint density at radius 3 is 2.68 bits per heavy atom. The fourth-order valence-corrected chi connectivity index (χ4v) is 4.33. The number of hydrogen-bond acceptors (Lipinski definition) is 6. The van der Waals surface area contributed by atoms with Gasteiger partial charge in [0.1, 0.15) is 4.90 Å². The van der Waals surface area contributed by atoms with E-state index >= 15 is 0 Å². The number of anilines is 1. The maximum atomic E-state index is 12.3. The lowest BCUT2D eigenvalue weighted by molar-refractivity contribution is -0.113. The fraction of sp³-hybridized carbons (Fsp3) is 0.353. The van der Waals surface area contributed by atoms with Crippen LogP contribution in [0.1, 0.15) is 19.0 Å². The Balaban J connectivity index is 2.09. The first kappa shape index (κ1) is 22.4. The van der Waals surface area contributed by atoms with Crippen molar-refractivity contribution < 1.29 is 13.2 Å². The summed E-state index contributed by atoms with van der Waals surface area (Å²) < 4.78 is 25.6. The highest BCUT2D eigenvalue weighted by Gasteiger charge is 2.21. The van der Waals surface area contributed by atoms with Crippen molar-refractivity contribution in [2.75, 3.05) is 25.2 Å². The van der Waals surface area contributed by atoms with E-state index in [0.29, 0.717) is 23.0 Å². The van der Waals surface area contributed by atoms with Gasteiger partial charge in [0.15, 0.2) is 5.16 Å². The topological polar surface area (TPSA) is 112 Å². The van der Waals surface area contributed by atoms with Crippen LogP contribution < -0.4 is 10.9 Å². The van der Waals surface area contributed by atoms with Gasteiger partial charge in [-0.25, -0.2) is 17.7 Å². The SMILES string of the molecule is CCCc1cc(=O)[nH]c(SCC(=O)Nc2ccc(Cl)c(S(=O)(=O)N(C)C)c2)n1. The normalized spacial score (nSPS) is 11.6. The Morgan fingerprint density at radius 1 is 1.32 bits per heavy atom. The number of aromatic amines is 1. The van der Waals surface area contributed by atoms with E-state index in [1.54, 1.807) is 0 Å². The maximum Gasteiger partial charge on any atom is 0.251 e. The molecule has 1 aromatic heterocycles. The van der Waals surface area contributed by atoms with Crippen molar-refractivity contribution in [2.45, 2.75) is 29.8 Å². The summed E-state index contributed by atoms with van der Waals surface area (Å²) in [5.41, 5.74) is 0.708. The van der Waals surface area contributed by atoms with Gasteiger partial charge in [-0.15, -0.1) is 0 Å². The zero-order valence-corrected chi connectivity index (χ0v) is 18.0. The first-order valence-corrected chi connectivity index (χ1v) is 11.2. The van der Waals surface area contributed by atoms with E-state index in [2.05, 4.69) is 15.3 Å². The predicted molar refractivity (Wildman–Crippen MR) is 111 cm³/mol. The molecule has 1 aromatic carbocycles. The van der Waals surface area contributed by atoms with Gasteiger partial charge < -0.3 is 10.3 Å². The second kappa shape index (κ2) is 9.55. The molecule has 0 aliphatic heterocycles. The zero-order chi connectivity index (χ0) is 20.9. The van der Waals surface area contributed by atoms with Crippen LogP contribution in [0.3, 0.4) is 0 Å². The molecule has 0 saturated heterocycles. The Bertz CT molecular complexity index is 1020. The number of H-pyrrole nitrogens is 1. The van der Waals surface area contributed by atoms with Gasteiger partial charge in [-0.3, -0.25) is 9.59 Å². The van der Waals surface area contributed by atoms with Gasteiger partial charge in [-0.05, 0) is 24.6 Å². The monoisotopic (exact) mass is 444 g/mol. The number of aromatic nitrogens is 2. The number of rotatable bonds is 8. The van der Waals surface area contributed by atoms with Crippen LogP contribution in [0.4, 0.5) is 5.69 Å². The molecule has 0 atom stereocenters. The third-order valence-electron chi connectivity index (χ3n) is 3.59. The molecule has 2 N–H and O–H groups in total. The van der Waals surface area contributed by atoms with E-state index in [-0.39, 0.29) is 27.1 Å². The third kappa shape index (κ3) is 5.81. The number of benzene rings is 1. The lowest BCUT2D eigenvalue weighted by atomic mass is 10.2. The number of carbonyl (C=O) groups is 1. The summed E-state index contributed by atoms with van der Waals surface area (Å²) in [6.07, 6.45) is 1.54. The van der Waals surface area contributed by atoms with Crippen LogP contribution in [0.25, 0.3) is 0 Å². The first-order valence-electron chi connectivity index (χ1n) is 8.38. The van der Waals surface area contributed by atoms with Gasteiger partial charge in [0.25, 0.3) is 5.56 Å². The molecule has 1 heterocycles. The van der Waals surface area contributed by atoms with Crippen LogP contribution in [0.15, 0.2) is 39.1 Å². The van der Waals surface area contributed by atoms with Crippen LogP contribution in [0, 0.1) is 0 Å². The van der Waals surface area contributed by atoms with Crippen molar-refractivity contribution in [2.24, 2.45) is 0 Å². The van der Waals surface area contributed by atoms with Crippen molar-refractivity contribution in [3.63, 3.8) is 0 Å². The number of thioether (sulfide) groups is 1. The van der Waals surface area contributed by atoms with Crippen LogP contribution in [0.2, 0.25) is 5.02 Å². The quantitative estimate of drug-likeness (QED) is 0.477. The average molecular weight is 445 g/mol. The minimum absolute atomic E-state index is 0.00307. The number of sulfonamides is 1. The molecule has 0 unspecified atom stereocenters. The average Bonchev–Trinajstić information content (AvgIpc) is 2.61. The van der Waals surface area contributed by atoms with E-state index in [4.69, 9.17) is 11.6 Å². The Morgan fingerprint density at radius 2 is 2.04 bits per heavy atom. The number of nitrogens with one attached hydrogen (secondary N) is 2. The molecular formula is C17H21ClN4O4S2. The molecular weight excluding hydrogens is 424 g/mol. The summed E-state index contributed by atoms with van der Waals surface area (Å²) in [4.78, 5) is 30.7. The van der Waals surface area contributed by atoms with Crippen molar-refractivity contribution in [3.8, 4) is 0 Å². The number of halogens is 1. The van der Waals surface area contributed by atoms with Crippen LogP contribution in [-0.4, -0.2) is 48.4 Å². The molecule has 2 aromatic rings. The van der Waals surface area contributed by atoms with Gasteiger partial charge in [-0.2, -0.15) is 0 Å². The lowest BCUT2D eigenvalue weighted by Gasteiger charge is -2.14. The van der Waals surface area contributed by atoms with Crippen LogP contribution in [0.5, 0.6) is 0 Å². The zero-order valence-electron chi connectivity index (χ0n) is 15.7. The number of hydrogen-bond donors (Lipinski definition) is 2. The molecule has 8 nitrogen and oxygen atoms in total. The fourth-order valence-electron chi connectivity index (χ4n) is 2.24. The highest BCUT2D eigenvalue weighted by Crippen LogP contribution is 2.27. The molecule has 0 fully saturated rings. The molecule has 0 spiro atoms. The highest BCUT2D eigenvalue weighted by atomic mass is 35.5. The number of carbonyl (C=O) groups excluding carboxylic acids is 1. The summed E-state index contributed by atoms with van der Waals surface area (Å²) in [5.74, 6) is -0.374. The molecule has 0 radical (unpaired) electrons. The highest BCUT2D eigenvalue weighted by molar-refractivity contribution is 7.99. The molecule has 0 bridgehead atoms. The van der Waals surface area contributed by atoms with E-state index in [1.165, 1.54) is 38.4 Å². The van der Waals surface area contributed by atoms with Gasteiger partial charge in [0, 0.05) is 31.5 Å². The molecule has 2 rings (SSSR count). The number of amides is 1. The van der Waals surface area contributed by atoms with Gasteiger partial charge in [0.05, 0.1) is 10.8 Å². The summed E-state index contributed by atoms with van der Waals surface area (Å²) in [6.45, 7) is 1.99. The molecule has 28 heavy (non-hydrogen) atoms. The van der Waals surface area contributed by atoms with Gasteiger partial charge >= 0.3 is 0 Å². The van der Waals surface area contributed by atoms with E-state index in [9.17, 15) is 18.0 Å². The molecule has 11 heteroatoms. The Labute approximate surface area is 172 Å².